The second-order valence-electron chi connectivity index (χ2n) is 5.21. The average Bonchev–Trinajstić information content (AvgIpc) is 2.43. The fourth-order valence-electron chi connectivity index (χ4n) is 2.17. The Morgan fingerprint density at radius 3 is 1.84 bits per heavy atom. The Kier molecular flexibility index (Phi) is 16.6. The summed E-state index contributed by atoms with van der Waals surface area (Å²) in [5, 5.41) is 8.46. The lowest BCUT2D eigenvalue weighted by atomic mass is 10.1. The van der Waals surface area contributed by atoms with E-state index in [1.54, 1.807) is 0 Å². The Morgan fingerprint density at radius 2 is 1.32 bits per heavy atom. The van der Waals surface area contributed by atoms with Gasteiger partial charge in [0, 0.05) is 0 Å². The van der Waals surface area contributed by atoms with Crippen LogP contribution >= 0.6 is 0 Å². The number of unbranched alkanes of at least 4 members (excludes halogenated alkanes) is 11. The summed E-state index contributed by atoms with van der Waals surface area (Å²) in [5.41, 5.74) is 0. The van der Waals surface area contributed by atoms with E-state index in [-0.39, 0.29) is 6.61 Å². The van der Waals surface area contributed by atoms with Gasteiger partial charge in [0.1, 0.15) is 6.61 Å². The Balaban J connectivity index is 3.04. The largest absolute Gasteiger partial charge is 0.384 e. The predicted octanol–water partition coefficient (Wildman–Crippen LogP) is 5.24. The van der Waals surface area contributed by atoms with Crippen molar-refractivity contribution >= 4 is 0 Å². The zero-order chi connectivity index (χ0) is 14.0. The minimum atomic E-state index is -0.0389. The zero-order valence-corrected chi connectivity index (χ0v) is 12.8. The molecule has 0 bridgehead atoms. The van der Waals surface area contributed by atoms with E-state index in [0.29, 0.717) is 0 Å². The van der Waals surface area contributed by atoms with Gasteiger partial charge in [-0.25, -0.2) is 0 Å². The Hall–Kier alpha value is -0.740. The summed E-state index contributed by atoms with van der Waals surface area (Å²) >= 11 is 0. The molecule has 0 aliphatic carbocycles. The predicted molar refractivity (Wildman–Crippen MR) is 85.1 cm³/mol. The molecular formula is C18H32O. The van der Waals surface area contributed by atoms with Crippen LogP contribution in [0.2, 0.25) is 0 Å². The average molecular weight is 264 g/mol. The van der Waals surface area contributed by atoms with Crippen LogP contribution in [0, 0.1) is 11.8 Å². The van der Waals surface area contributed by atoms with Crippen molar-refractivity contribution in [2.45, 2.75) is 84.0 Å². The van der Waals surface area contributed by atoms with E-state index in [4.69, 9.17) is 5.11 Å². The summed E-state index contributed by atoms with van der Waals surface area (Å²) in [4.78, 5) is 0. The van der Waals surface area contributed by atoms with Gasteiger partial charge in [-0.3, -0.25) is 0 Å². The fourth-order valence-corrected chi connectivity index (χ4v) is 2.17. The third kappa shape index (κ3) is 17.3. The molecular weight excluding hydrogens is 232 g/mol. The highest BCUT2D eigenvalue weighted by Crippen LogP contribution is 2.11. The molecule has 0 aliphatic heterocycles. The molecule has 0 spiro atoms. The van der Waals surface area contributed by atoms with Crippen LogP contribution in [-0.4, -0.2) is 11.7 Å². The molecule has 0 saturated heterocycles. The molecule has 19 heavy (non-hydrogen) atoms. The maximum absolute atomic E-state index is 8.46. The van der Waals surface area contributed by atoms with Crippen LogP contribution in [0.25, 0.3) is 0 Å². The number of rotatable bonds is 12. The summed E-state index contributed by atoms with van der Waals surface area (Å²) in [6.07, 6.45) is 20.4. The molecule has 0 aromatic carbocycles. The van der Waals surface area contributed by atoms with E-state index in [9.17, 15) is 0 Å². The quantitative estimate of drug-likeness (QED) is 0.377. The number of hydrogen-bond acceptors (Lipinski definition) is 1. The van der Waals surface area contributed by atoms with Crippen molar-refractivity contribution < 1.29 is 5.11 Å². The smallest absolute Gasteiger partial charge is 0.104 e. The first-order valence-electron chi connectivity index (χ1n) is 8.16. The lowest BCUT2D eigenvalue weighted by molar-refractivity contribution is 0.350. The Bertz CT molecular complexity index is 244. The molecule has 1 nitrogen and oxygen atoms in total. The third-order valence-electron chi connectivity index (χ3n) is 3.36. The van der Waals surface area contributed by atoms with Crippen LogP contribution in [0.15, 0.2) is 12.2 Å². The first kappa shape index (κ1) is 18.3. The minimum Gasteiger partial charge on any atom is -0.384 e. The molecule has 0 aromatic rings. The summed E-state index contributed by atoms with van der Waals surface area (Å²) in [6, 6.07) is 0. The van der Waals surface area contributed by atoms with E-state index in [0.717, 1.165) is 6.42 Å². The van der Waals surface area contributed by atoms with E-state index < -0.39 is 0 Å². The zero-order valence-electron chi connectivity index (χ0n) is 12.8. The van der Waals surface area contributed by atoms with Crippen LogP contribution in [0.1, 0.15) is 84.0 Å². The van der Waals surface area contributed by atoms with Gasteiger partial charge in [0.05, 0.1) is 0 Å². The van der Waals surface area contributed by atoms with Crippen LogP contribution in [0.4, 0.5) is 0 Å². The van der Waals surface area contributed by atoms with Gasteiger partial charge in [-0.05, 0) is 18.9 Å². The molecule has 0 heterocycles. The van der Waals surface area contributed by atoms with Crippen molar-refractivity contribution in [3.8, 4) is 11.8 Å². The molecule has 110 valence electrons. The van der Waals surface area contributed by atoms with E-state index >= 15 is 0 Å². The van der Waals surface area contributed by atoms with E-state index in [1.165, 1.54) is 70.6 Å². The molecule has 1 heteroatoms. The molecule has 0 unspecified atom stereocenters. The third-order valence-corrected chi connectivity index (χ3v) is 3.36. The number of aliphatic hydroxyl groups excluding tert-OH is 1. The van der Waals surface area contributed by atoms with Crippen molar-refractivity contribution in [2.24, 2.45) is 0 Å². The maximum atomic E-state index is 8.46. The summed E-state index contributed by atoms with van der Waals surface area (Å²) in [6.45, 7) is 2.23. The second kappa shape index (κ2) is 17.3. The summed E-state index contributed by atoms with van der Waals surface area (Å²) in [7, 11) is 0. The van der Waals surface area contributed by atoms with Crippen molar-refractivity contribution in [3.05, 3.63) is 12.2 Å². The first-order chi connectivity index (χ1) is 9.41. The van der Waals surface area contributed by atoms with Gasteiger partial charge >= 0.3 is 0 Å². The molecule has 0 saturated carbocycles. The molecule has 0 fully saturated rings. The lowest BCUT2D eigenvalue weighted by Gasteiger charge is -2.01. The normalized spacial score (nSPS) is 10.6. The lowest BCUT2D eigenvalue weighted by Crippen LogP contribution is -1.81. The highest BCUT2D eigenvalue weighted by molar-refractivity contribution is 5.14. The first-order valence-corrected chi connectivity index (χ1v) is 8.16. The van der Waals surface area contributed by atoms with E-state index in [1.807, 2.05) is 6.08 Å². The minimum absolute atomic E-state index is 0.0389. The van der Waals surface area contributed by atoms with Crippen molar-refractivity contribution in [2.75, 3.05) is 6.61 Å². The van der Waals surface area contributed by atoms with Gasteiger partial charge in [0.15, 0.2) is 0 Å². The Morgan fingerprint density at radius 1 is 0.789 bits per heavy atom. The van der Waals surface area contributed by atoms with Crippen molar-refractivity contribution in [1.29, 1.82) is 0 Å². The van der Waals surface area contributed by atoms with Crippen LogP contribution in [0.3, 0.4) is 0 Å². The number of hydrogen-bond donors (Lipinski definition) is 1. The molecule has 0 aliphatic rings. The van der Waals surface area contributed by atoms with Gasteiger partial charge in [0.2, 0.25) is 0 Å². The monoisotopic (exact) mass is 264 g/mol. The SMILES string of the molecule is CCCCCCCCCCCCC/C=C/C#CCO. The van der Waals surface area contributed by atoms with E-state index in [2.05, 4.69) is 24.8 Å². The van der Waals surface area contributed by atoms with Crippen molar-refractivity contribution in [1.82, 2.24) is 0 Å². The molecule has 1 N–H and O–H groups in total. The standard InChI is InChI=1S/C18H32O/c1-2-3-4-5-6-7-8-9-10-11-12-13-14-15-16-17-18-19/h14-15,19H,2-13,18H2,1H3/b15-14+. The topological polar surface area (TPSA) is 20.2 Å². The molecule has 0 aromatic heterocycles. The molecule has 0 atom stereocenters. The van der Waals surface area contributed by atoms with Crippen LogP contribution < -0.4 is 0 Å². The highest BCUT2D eigenvalue weighted by Gasteiger charge is 1.92. The van der Waals surface area contributed by atoms with Gasteiger partial charge in [0.25, 0.3) is 0 Å². The molecule has 0 amide bonds. The van der Waals surface area contributed by atoms with Crippen LogP contribution in [-0.2, 0) is 0 Å². The fraction of sp³-hybridized carbons (Fsp3) is 0.778. The second-order valence-corrected chi connectivity index (χ2v) is 5.21. The number of allylic oxidation sites excluding steroid dienone is 2. The maximum Gasteiger partial charge on any atom is 0.104 e. The van der Waals surface area contributed by atoms with Crippen molar-refractivity contribution in [3.63, 3.8) is 0 Å². The number of aliphatic hydroxyl groups is 1. The van der Waals surface area contributed by atoms with Gasteiger partial charge < -0.3 is 5.11 Å². The van der Waals surface area contributed by atoms with Gasteiger partial charge in [-0.1, -0.05) is 89.0 Å². The summed E-state index contributed by atoms with van der Waals surface area (Å²) in [5.74, 6) is 5.40. The molecule has 0 radical (unpaired) electrons. The highest BCUT2D eigenvalue weighted by atomic mass is 16.2. The van der Waals surface area contributed by atoms with Gasteiger partial charge in [-0.15, -0.1) is 0 Å². The Labute approximate surface area is 120 Å². The van der Waals surface area contributed by atoms with Crippen LogP contribution in [0.5, 0.6) is 0 Å². The molecule has 0 rings (SSSR count). The summed E-state index contributed by atoms with van der Waals surface area (Å²) < 4.78 is 0. The van der Waals surface area contributed by atoms with Gasteiger partial charge in [-0.2, -0.15) is 0 Å².